The molecule has 60 valence electrons. The smallest absolute Gasteiger partial charge is 0.309 e. The van der Waals surface area contributed by atoms with Gasteiger partial charge in [0.1, 0.15) is 5.78 Å². The lowest BCUT2D eigenvalue weighted by Crippen LogP contribution is -2.09. The predicted octanol–water partition coefficient (Wildman–Crippen LogP) is 0.384. The van der Waals surface area contributed by atoms with Gasteiger partial charge in [0.15, 0.2) is 0 Å². The monoisotopic (exact) mass is 154 g/mol. The van der Waals surface area contributed by atoms with Crippen LogP contribution in [0.5, 0.6) is 0 Å². The minimum atomic E-state index is -0.132. The molecule has 2 atom stereocenters. The molecule has 2 saturated carbocycles. The fourth-order valence-electron chi connectivity index (χ4n) is 2.10. The SMILES string of the molecule is COC(=O)C1[C@@H]2CC(=O)C[C@@H]12. The van der Waals surface area contributed by atoms with E-state index >= 15 is 0 Å². The maximum absolute atomic E-state index is 11.0. The molecule has 0 saturated heterocycles. The third-order valence-electron chi connectivity index (χ3n) is 2.73. The van der Waals surface area contributed by atoms with Gasteiger partial charge in [0, 0.05) is 12.8 Å². The van der Waals surface area contributed by atoms with Crippen molar-refractivity contribution in [2.45, 2.75) is 12.8 Å². The van der Waals surface area contributed by atoms with Crippen LogP contribution in [0.25, 0.3) is 0 Å². The highest BCUT2D eigenvalue weighted by molar-refractivity contribution is 5.88. The molecule has 0 amide bonds. The highest BCUT2D eigenvalue weighted by Gasteiger charge is 2.60. The normalized spacial score (nSPS) is 40.1. The topological polar surface area (TPSA) is 43.4 Å². The van der Waals surface area contributed by atoms with Gasteiger partial charge in [0.2, 0.25) is 0 Å². The maximum atomic E-state index is 11.0. The fourth-order valence-corrected chi connectivity index (χ4v) is 2.10. The molecular weight excluding hydrogens is 144 g/mol. The van der Waals surface area contributed by atoms with Crippen LogP contribution < -0.4 is 0 Å². The number of hydrogen-bond donors (Lipinski definition) is 0. The molecule has 2 aliphatic carbocycles. The molecule has 0 heterocycles. The van der Waals surface area contributed by atoms with E-state index in [0.29, 0.717) is 30.5 Å². The van der Waals surface area contributed by atoms with Crippen LogP contribution in [0.15, 0.2) is 0 Å². The highest BCUT2D eigenvalue weighted by Crippen LogP contribution is 2.56. The third kappa shape index (κ3) is 0.870. The van der Waals surface area contributed by atoms with Crippen LogP contribution in [0.1, 0.15) is 12.8 Å². The van der Waals surface area contributed by atoms with Crippen LogP contribution in [0.3, 0.4) is 0 Å². The summed E-state index contributed by atoms with van der Waals surface area (Å²) in [6.45, 7) is 0. The van der Waals surface area contributed by atoms with Crippen LogP contribution in [0, 0.1) is 17.8 Å². The van der Waals surface area contributed by atoms with Gasteiger partial charge in [0.05, 0.1) is 13.0 Å². The lowest BCUT2D eigenvalue weighted by molar-refractivity contribution is -0.143. The number of esters is 1. The van der Waals surface area contributed by atoms with Gasteiger partial charge in [-0.25, -0.2) is 0 Å². The Hall–Kier alpha value is -0.860. The van der Waals surface area contributed by atoms with Gasteiger partial charge in [-0.2, -0.15) is 0 Å². The molecular formula is C8H10O3. The molecule has 0 bridgehead atoms. The minimum absolute atomic E-state index is 0.0534. The Morgan fingerprint density at radius 3 is 2.45 bits per heavy atom. The lowest BCUT2D eigenvalue weighted by Gasteiger charge is -1.98. The van der Waals surface area contributed by atoms with Gasteiger partial charge in [-0.15, -0.1) is 0 Å². The van der Waals surface area contributed by atoms with Crippen LogP contribution >= 0.6 is 0 Å². The molecule has 0 aliphatic heterocycles. The molecule has 2 rings (SSSR count). The van der Waals surface area contributed by atoms with Gasteiger partial charge in [-0.05, 0) is 11.8 Å². The minimum Gasteiger partial charge on any atom is -0.469 e. The van der Waals surface area contributed by atoms with E-state index in [2.05, 4.69) is 4.74 Å². The second-order valence-corrected chi connectivity index (χ2v) is 3.32. The van der Waals surface area contributed by atoms with Crippen LogP contribution in [-0.4, -0.2) is 18.9 Å². The van der Waals surface area contributed by atoms with Crippen molar-refractivity contribution in [2.24, 2.45) is 17.8 Å². The zero-order chi connectivity index (χ0) is 8.01. The van der Waals surface area contributed by atoms with E-state index in [1.165, 1.54) is 7.11 Å². The number of ether oxygens (including phenoxy) is 1. The summed E-state index contributed by atoms with van der Waals surface area (Å²) in [7, 11) is 1.40. The average Bonchev–Trinajstić information content (AvgIpc) is 2.48. The van der Waals surface area contributed by atoms with Crippen LogP contribution in [0.4, 0.5) is 0 Å². The number of fused-ring (bicyclic) bond motifs is 1. The number of Topliss-reactive ketones (excluding diaryl/α,β-unsaturated/α-hetero) is 1. The molecule has 0 radical (unpaired) electrons. The molecule has 2 fully saturated rings. The zero-order valence-corrected chi connectivity index (χ0v) is 6.37. The summed E-state index contributed by atoms with van der Waals surface area (Å²) in [6.07, 6.45) is 1.20. The summed E-state index contributed by atoms with van der Waals surface area (Å²) in [5.74, 6) is 0.884. The third-order valence-corrected chi connectivity index (χ3v) is 2.73. The van der Waals surface area contributed by atoms with Gasteiger partial charge in [0.25, 0.3) is 0 Å². The van der Waals surface area contributed by atoms with Gasteiger partial charge in [-0.1, -0.05) is 0 Å². The van der Waals surface area contributed by atoms with E-state index in [4.69, 9.17) is 0 Å². The first-order chi connectivity index (χ1) is 5.24. The highest BCUT2D eigenvalue weighted by atomic mass is 16.5. The Kier molecular flexibility index (Phi) is 1.28. The molecule has 0 aromatic heterocycles. The number of methoxy groups -OCH3 is 1. The summed E-state index contributed by atoms with van der Waals surface area (Å²) >= 11 is 0. The molecule has 3 heteroatoms. The summed E-state index contributed by atoms with van der Waals surface area (Å²) in [4.78, 5) is 21.7. The van der Waals surface area contributed by atoms with E-state index < -0.39 is 0 Å². The largest absolute Gasteiger partial charge is 0.469 e. The molecule has 3 nitrogen and oxygen atoms in total. The van der Waals surface area contributed by atoms with E-state index in [1.807, 2.05) is 0 Å². The van der Waals surface area contributed by atoms with Crippen molar-refractivity contribution in [2.75, 3.05) is 7.11 Å². The molecule has 0 aromatic carbocycles. The summed E-state index contributed by atoms with van der Waals surface area (Å²) in [5, 5.41) is 0. The Morgan fingerprint density at radius 2 is 2.00 bits per heavy atom. The molecule has 0 unspecified atom stereocenters. The Bertz CT molecular complexity index is 207. The predicted molar refractivity (Wildman–Crippen MR) is 36.7 cm³/mol. The van der Waals surface area contributed by atoms with Crippen LogP contribution in [0.2, 0.25) is 0 Å². The Morgan fingerprint density at radius 1 is 1.45 bits per heavy atom. The summed E-state index contributed by atoms with van der Waals surface area (Å²) < 4.78 is 4.60. The second-order valence-electron chi connectivity index (χ2n) is 3.32. The first-order valence-corrected chi connectivity index (χ1v) is 3.83. The number of rotatable bonds is 1. The molecule has 2 aliphatic rings. The van der Waals surface area contributed by atoms with E-state index in [1.54, 1.807) is 0 Å². The second kappa shape index (κ2) is 2.06. The first-order valence-electron chi connectivity index (χ1n) is 3.83. The standard InChI is InChI=1S/C8H10O3/c1-11-8(10)7-5-2-4(9)3-6(5)7/h5-7H,2-3H2,1H3/t5-,6-/m1/s1. The Balaban J connectivity index is 1.97. The van der Waals surface area contributed by atoms with Crippen molar-refractivity contribution < 1.29 is 14.3 Å². The molecule has 0 N–H and O–H groups in total. The van der Waals surface area contributed by atoms with Crippen LogP contribution in [-0.2, 0) is 14.3 Å². The number of ketones is 1. The number of carbonyl (C=O) groups excluding carboxylic acids is 2. The fraction of sp³-hybridized carbons (Fsp3) is 0.750. The van der Waals surface area contributed by atoms with Gasteiger partial charge >= 0.3 is 5.97 Å². The summed E-state index contributed by atoms with van der Waals surface area (Å²) in [5.41, 5.74) is 0. The quantitative estimate of drug-likeness (QED) is 0.513. The lowest BCUT2D eigenvalue weighted by atomic mass is 10.1. The van der Waals surface area contributed by atoms with Crippen molar-refractivity contribution in [3.05, 3.63) is 0 Å². The zero-order valence-electron chi connectivity index (χ0n) is 6.37. The van der Waals surface area contributed by atoms with Crippen molar-refractivity contribution in [1.82, 2.24) is 0 Å². The van der Waals surface area contributed by atoms with Gasteiger partial charge < -0.3 is 4.74 Å². The summed E-state index contributed by atoms with van der Waals surface area (Å²) in [6, 6.07) is 0. The molecule has 0 aromatic rings. The van der Waals surface area contributed by atoms with Crippen molar-refractivity contribution in [1.29, 1.82) is 0 Å². The van der Waals surface area contributed by atoms with E-state index in [0.717, 1.165) is 0 Å². The first kappa shape index (κ1) is 6.83. The van der Waals surface area contributed by atoms with Gasteiger partial charge in [-0.3, -0.25) is 9.59 Å². The number of hydrogen-bond acceptors (Lipinski definition) is 3. The van der Waals surface area contributed by atoms with Crippen molar-refractivity contribution >= 4 is 11.8 Å². The van der Waals surface area contributed by atoms with E-state index in [9.17, 15) is 9.59 Å². The van der Waals surface area contributed by atoms with Crippen molar-refractivity contribution in [3.8, 4) is 0 Å². The van der Waals surface area contributed by atoms with Crippen molar-refractivity contribution in [3.63, 3.8) is 0 Å². The molecule has 11 heavy (non-hydrogen) atoms. The van der Waals surface area contributed by atoms with E-state index in [-0.39, 0.29) is 11.9 Å². The number of carbonyl (C=O) groups is 2. The maximum Gasteiger partial charge on any atom is 0.309 e. The molecule has 0 spiro atoms. The average molecular weight is 154 g/mol. The Labute approximate surface area is 64.7 Å².